The highest BCUT2D eigenvalue weighted by Gasteiger charge is 2.17. The fraction of sp³-hybridized carbons (Fsp3) is 0.250. The lowest BCUT2D eigenvalue weighted by Gasteiger charge is -2.14. The summed E-state index contributed by atoms with van der Waals surface area (Å²) in [6.45, 7) is 4.08. The first-order chi connectivity index (χ1) is 9.97. The average molecular weight is 322 g/mol. The van der Waals surface area contributed by atoms with E-state index < -0.39 is 8.77 Å². The fourth-order valence-corrected chi connectivity index (χ4v) is 3.94. The lowest BCUT2D eigenvalue weighted by molar-refractivity contribution is 0.370. The van der Waals surface area contributed by atoms with Crippen molar-refractivity contribution in [2.75, 3.05) is 13.7 Å². The smallest absolute Gasteiger partial charge is 0.174 e. The van der Waals surface area contributed by atoms with Crippen molar-refractivity contribution in [1.82, 2.24) is 0 Å². The molecule has 1 unspecified atom stereocenters. The van der Waals surface area contributed by atoms with Crippen LogP contribution in [0.1, 0.15) is 12.5 Å². The first-order valence-corrected chi connectivity index (χ1v) is 9.03. The van der Waals surface area contributed by atoms with Crippen molar-refractivity contribution in [2.45, 2.75) is 18.7 Å². The molecule has 5 heteroatoms. The van der Waals surface area contributed by atoms with Crippen molar-refractivity contribution in [1.29, 1.82) is 0 Å². The second kappa shape index (κ2) is 6.56. The van der Waals surface area contributed by atoms with Crippen molar-refractivity contribution in [3.8, 4) is 16.9 Å². The lowest BCUT2D eigenvalue weighted by Crippen LogP contribution is -2.06. The monoisotopic (exact) mass is 322 g/mol. The van der Waals surface area contributed by atoms with Gasteiger partial charge in [-0.25, -0.2) is 4.21 Å². The molecule has 0 N–H and O–H groups in total. The molecule has 1 atom stereocenters. The van der Waals surface area contributed by atoms with Gasteiger partial charge in [-0.05, 0) is 37.6 Å². The van der Waals surface area contributed by atoms with Gasteiger partial charge < -0.3 is 4.74 Å². The highest BCUT2D eigenvalue weighted by atomic mass is 32.8. The van der Waals surface area contributed by atoms with Crippen LogP contribution in [-0.2, 0) is 24.1 Å². The van der Waals surface area contributed by atoms with Gasteiger partial charge in [-0.2, -0.15) is 0 Å². The molecule has 0 fully saturated rings. The van der Waals surface area contributed by atoms with Crippen LogP contribution in [0.2, 0.25) is 0 Å². The van der Waals surface area contributed by atoms with Crippen LogP contribution in [0.4, 0.5) is 0 Å². The number of aryl methyl sites for hydroxylation is 1. The van der Waals surface area contributed by atoms with E-state index in [2.05, 4.69) is 0 Å². The summed E-state index contributed by atoms with van der Waals surface area (Å²) in [6.07, 6.45) is 0. The van der Waals surface area contributed by atoms with Gasteiger partial charge in [-0.3, -0.25) is 4.18 Å². The van der Waals surface area contributed by atoms with Gasteiger partial charge in [0.15, 0.2) is 8.77 Å². The predicted molar refractivity (Wildman–Crippen MR) is 88.6 cm³/mol. The third-order valence-corrected chi connectivity index (χ3v) is 5.33. The molecule has 0 aliphatic heterocycles. The molecule has 0 aromatic heterocycles. The SMILES string of the molecule is CCOS(=O)(=S)c1ccc(C)cc1-c1cccc(OC)c1. The third kappa shape index (κ3) is 3.61. The zero-order chi connectivity index (χ0) is 15.5. The normalized spacial score (nSPS) is 13.7. The molecule has 2 aromatic rings. The van der Waals surface area contributed by atoms with Gasteiger partial charge in [0.2, 0.25) is 0 Å². The van der Waals surface area contributed by atoms with Crippen LogP contribution in [0.5, 0.6) is 5.75 Å². The summed E-state index contributed by atoms with van der Waals surface area (Å²) in [6, 6.07) is 13.2. The lowest BCUT2D eigenvalue weighted by atomic mass is 10.0. The molecular weight excluding hydrogens is 304 g/mol. The first-order valence-electron chi connectivity index (χ1n) is 6.62. The molecule has 0 saturated carbocycles. The number of rotatable bonds is 5. The van der Waals surface area contributed by atoms with E-state index in [0.29, 0.717) is 11.5 Å². The van der Waals surface area contributed by atoms with E-state index in [1.54, 1.807) is 20.1 Å². The Labute approximate surface area is 130 Å². The van der Waals surface area contributed by atoms with Crippen LogP contribution < -0.4 is 4.74 Å². The van der Waals surface area contributed by atoms with E-state index in [4.69, 9.17) is 20.1 Å². The van der Waals surface area contributed by atoms with E-state index in [9.17, 15) is 4.21 Å². The third-order valence-electron chi connectivity index (χ3n) is 3.06. The molecule has 0 aliphatic carbocycles. The second-order valence-corrected chi connectivity index (χ2v) is 7.49. The standard InChI is InChI=1S/C16H18O3S2/c1-4-19-21(17,20)16-9-8-12(2)10-15(16)13-6-5-7-14(11-13)18-3/h5-11H,4H2,1-3H3. The summed E-state index contributed by atoms with van der Waals surface area (Å²) < 4.78 is 23.1. The fourth-order valence-electron chi connectivity index (χ4n) is 2.10. The van der Waals surface area contributed by atoms with Crippen LogP contribution in [0.25, 0.3) is 11.1 Å². The maximum atomic E-state index is 12.6. The van der Waals surface area contributed by atoms with Crippen molar-refractivity contribution < 1.29 is 13.1 Å². The minimum Gasteiger partial charge on any atom is -0.497 e. The molecule has 2 rings (SSSR count). The number of methoxy groups -OCH3 is 1. The molecule has 0 aliphatic rings. The molecule has 21 heavy (non-hydrogen) atoms. The highest BCUT2D eigenvalue weighted by molar-refractivity contribution is 8.30. The summed E-state index contributed by atoms with van der Waals surface area (Å²) in [5, 5.41) is 0. The molecule has 0 amide bonds. The van der Waals surface area contributed by atoms with Gasteiger partial charge >= 0.3 is 0 Å². The number of hydrogen-bond donors (Lipinski definition) is 0. The van der Waals surface area contributed by atoms with Crippen molar-refractivity contribution in [3.05, 3.63) is 48.0 Å². The highest BCUT2D eigenvalue weighted by Crippen LogP contribution is 2.31. The van der Waals surface area contributed by atoms with Crippen LogP contribution in [-0.4, -0.2) is 17.9 Å². The number of hydrogen-bond acceptors (Lipinski definition) is 4. The largest absolute Gasteiger partial charge is 0.497 e. The van der Waals surface area contributed by atoms with Crippen LogP contribution in [0.3, 0.4) is 0 Å². The van der Waals surface area contributed by atoms with Crippen LogP contribution in [0.15, 0.2) is 47.4 Å². The molecular formula is C16H18O3S2. The molecule has 0 heterocycles. The van der Waals surface area contributed by atoms with E-state index in [1.165, 1.54) is 0 Å². The van der Waals surface area contributed by atoms with Crippen molar-refractivity contribution >= 4 is 20.0 Å². The maximum Gasteiger partial charge on any atom is 0.174 e. The van der Waals surface area contributed by atoms with Gasteiger partial charge in [-0.15, -0.1) is 0 Å². The average Bonchev–Trinajstić information content (AvgIpc) is 2.47. The van der Waals surface area contributed by atoms with Gasteiger partial charge in [0.1, 0.15) is 5.75 Å². The Hall–Kier alpha value is -1.43. The Morgan fingerprint density at radius 1 is 1.19 bits per heavy atom. The molecule has 0 saturated heterocycles. The minimum absolute atomic E-state index is 0.313. The van der Waals surface area contributed by atoms with Gasteiger partial charge in [-0.1, -0.05) is 29.8 Å². The van der Waals surface area contributed by atoms with Crippen molar-refractivity contribution in [2.24, 2.45) is 0 Å². The Morgan fingerprint density at radius 2 is 1.95 bits per heavy atom. The summed E-state index contributed by atoms with van der Waals surface area (Å²) in [4.78, 5) is 0.540. The van der Waals surface area contributed by atoms with Crippen molar-refractivity contribution in [3.63, 3.8) is 0 Å². The Morgan fingerprint density at radius 3 is 2.62 bits per heavy atom. The zero-order valence-corrected chi connectivity index (χ0v) is 13.9. The molecule has 0 radical (unpaired) electrons. The number of benzene rings is 2. The van der Waals surface area contributed by atoms with Gasteiger partial charge in [0, 0.05) is 16.8 Å². The minimum atomic E-state index is -2.93. The molecule has 0 bridgehead atoms. The van der Waals surface area contributed by atoms with Gasteiger partial charge in [0.05, 0.1) is 18.6 Å². The summed E-state index contributed by atoms with van der Waals surface area (Å²) in [5.74, 6) is 0.743. The number of ether oxygens (including phenoxy) is 1. The van der Waals surface area contributed by atoms with Crippen LogP contribution >= 0.6 is 0 Å². The van der Waals surface area contributed by atoms with Gasteiger partial charge in [0.25, 0.3) is 0 Å². The maximum absolute atomic E-state index is 12.6. The zero-order valence-electron chi connectivity index (χ0n) is 12.3. The second-order valence-electron chi connectivity index (χ2n) is 4.59. The topological polar surface area (TPSA) is 35.5 Å². The predicted octanol–water partition coefficient (Wildman–Crippen LogP) is 3.73. The molecule has 0 spiro atoms. The van der Waals surface area contributed by atoms with E-state index in [0.717, 1.165) is 22.4 Å². The molecule has 2 aromatic carbocycles. The Kier molecular flexibility index (Phi) is 4.98. The summed E-state index contributed by atoms with van der Waals surface area (Å²) >= 11 is 5.18. The van der Waals surface area contributed by atoms with Crippen LogP contribution in [0, 0.1) is 6.92 Å². The molecule has 112 valence electrons. The molecule has 3 nitrogen and oxygen atoms in total. The summed E-state index contributed by atoms with van der Waals surface area (Å²) in [7, 11) is -1.32. The summed E-state index contributed by atoms with van der Waals surface area (Å²) in [5.41, 5.74) is 2.80. The van der Waals surface area contributed by atoms with E-state index >= 15 is 0 Å². The van der Waals surface area contributed by atoms with E-state index in [-0.39, 0.29) is 0 Å². The van der Waals surface area contributed by atoms with E-state index in [1.807, 2.05) is 43.3 Å². The quantitative estimate of drug-likeness (QED) is 0.840. The Balaban J connectivity index is 2.64. The Bertz CT molecular complexity index is 737. The first kappa shape index (κ1) is 15.9.